The van der Waals surface area contributed by atoms with Gasteiger partial charge in [0.2, 0.25) is 0 Å². The zero-order chi connectivity index (χ0) is 6.69. The van der Waals surface area contributed by atoms with E-state index in [-0.39, 0.29) is 0 Å². The van der Waals surface area contributed by atoms with Gasteiger partial charge in [0, 0.05) is 12.1 Å². The van der Waals surface area contributed by atoms with Crippen LogP contribution in [0, 0.1) is 0 Å². The number of aromatic nitrogens is 1. The Kier molecular flexibility index (Phi) is 2.49. The summed E-state index contributed by atoms with van der Waals surface area (Å²) >= 11 is 8.78. The van der Waals surface area contributed by atoms with Gasteiger partial charge in [0.05, 0.1) is 0 Å². The molecule has 1 aromatic rings. The molecule has 0 saturated carbocycles. The number of pyridine rings is 1. The lowest BCUT2D eigenvalue weighted by molar-refractivity contribution is 1.23. The third kappa shape index (κ3) is 1.95. The Hall–Kier alpha value is -0.0800. The van der Waals surface area contributed by atoms with E-state index in [1.807, 2.05) is 12.1 Å². The number of nitrogens with zero attached hydrogens (tertiary/aromatic N) is 1. The van der Waals surface area contributed by atoms with E-state index in [1.54, 1.807) is 6.20 Å². The van der Waals surface area contributed by atoms with Crippen LogP contribution in [-0.2, 0) is 5.88 Å². The van der Waals surface area contributed by atoms with E-state index in [1.165, 1.54) is 0 Å². The maximum atomic E-state index is 5.55. The molecule has 1 nitrogen and oxygen atoms in total. The highest BCUT2D eigenvalue weighted by atomic mass is 79.9. The third-order valence-electron chi connectivity index (χ3n) is 0.945. The average Bonchev–Trinajstić information content (AvgIpc) is 1.88. The Bertz CT molecular complexity index is 202. The first-order valence-corrected chi connectivity index (χ1v) is 3.82. The average molecular weight is 206 g/mol. The highest BCUT2D eigenvalue weighted by molar-refractivity contribution is 9.10. The number of rotatable bonds is 1. The zero-order valence-corrected chi connectivity index (χ0v) is 6.98. The van der Waals surface area contributed by atoms with Crippen molar-refractivity contribution in [3.8, 4) is 0 Å². The smallest absolute Gasteiger partial charge is 0.106 e. The van der Waals surface area contributed by atoms with Gasteiger partial charge >= 0.3 is 0 Å². The van der Waals surface area contributed by atoms with Crippen LogP contribution in [-0.4, -0.2) is 4.98 Å². The molecule has 9 heavy (non-hydrogen) atoms. The van der Waals surface area contributed by atoms with Crippen LogP contribution in [0.25, 0.3) is 0 Å². The molecule has 0 aliphatic rings. The van der Waals surface area contributed by atoms with Crippen molar-refractivity contribution >= 4 is 27.5 Å². The van der Waals surface area contributed by atoms with Gasteiger partial charge in [-0.2, -0.15) is 0 Å². The Balaban J connectivity index is 2.94. The molecule has 0 spiro atoms. The second kappa shape index (κ2) is 3.18. The van der Waals surface area contributed by atoms with Crippen LogP contribution in [0.5, 0.6) is 0 Å². The summed E-state index contributed by atoms with van der Waals surface area (Å²) in [6, 6.07) is 3.78. The molecule has 3 heteroatoms. The predicted molar refractivity (Wildman–Crippen MR) is 41.5 cm³/mol. The van der Waals surface area contributed by atoms with Gasteiger partial charge in [0.25, 0.3) is 0 Å². The summed E-state index contributed by atoms with van der Waals surface area (Å²) < 4.78 is 0.834. The molecule has 0 amide bonds. The fourth-order valence-corrected chi connectivity index (χ4v) is 1.10. The molecule has 0 fully saturated rings. The fourth-order valence-electron chi connectivity index (χ4n) is 0.526. The predicted octanol–water partition coefficient (Wildman–Crippen LogP) is 2.58. The van der Waals surface area contributed by atoms with Crippen LogP contribution in [0.4, 0.5) is 0 Å². The summed E-state index contributed by atoms with van der Waals surface area (Å²) in [4.78, 5) is 3.95. The largest absolute Gasteiger partial charge is 0.249 e. The van der Waals surface area contributed by atoms with Crippen molar-refractivity contribution in [2.75, 3.05) is 0 Å². The molecule has 1 heterocycles. The second-order valence-corrected chi connectivity index (χ2v) is 2.70. The molecular weight excluding hydrogens is 201 g/mol. The molecule has 0 aromatic carbocycles. The van der Waals surface area contributed by atoms with Crippen LogP contribution in [0.2, 0.25) is 0 Å². The van der Waals surface area contributed by atoms with E-state index in [4.69, 9.17) is 11.6 Å². The van der Waals surface area contributed by atoms with Gasteiger partial charge in [0.15, 0.2) is 0 Å². The summed E-state index contributed by atoms with van der Waals surface area (Å²) in [5.41, 5.74) is 1.08. The highest BCUT2D eigenvalue weighted by Crippen LogP contribution is 2.09. The lowest BCUT2D eigenvalue weighted by Crippen LogP contribution is -1.78. The van der Waals surface area contributed by atoms with E-state index >= 15 is 0 Å². The maximum Gasteiger partial charge on any atom is 0.106 e. The SMILES string of the molecule is ClCc1ccnc(Br)c1. The number of halogens is 2. The van der Waals surface area contributed by atoms with Crippen molar-refractivity contribution in [1.29, 1.82) is 0 Å². The Labute approximate surface area is 67.2 Å². The monoisotopic (exact) mass is 205 g/mol. The van der Waals surface area contributed by atoms with Crippen LogP contribution in [0.1, 0.15) is 5.56 Å². The van der Waals surface area contributed by atoms with Crippen molar-refractivity contribution < 1.29 is 0 Å². The summed E-state index contributed by atoms with van der Waals surface area (Å²) in [6.45, 7) is 0. The van der Waals surface area contributed by atoms with Gasteiger partial charge in [-0.15, -0.1) is 11.6 Å². The van der Waals surface area contributed by atoms with Crippen LogP contribution in [0.3, 0.4) is 0 Å². The van der Waals surface area contributed by atoms with E-state index in [0.717, 1.165) is 10.2 Å². The molecule has 0 aliphatic carbocycles. The molecule has 0 aliphatic heterocycles. The maximum absolute atomic E-state index is 5.55. The normalized spacial score (nSPS) is 9.56. The van der Waals surface area contributed by atoms with Crippen LogP contribution in [0.15, 0.2) is 22.9 Å². The van der Waals surface area contributed by atoms with E-state index in [9.17, 15) is 0 Å². The first kappa shape index (κ1) is 7.03. The summed E-state index contributed by atoms with van der Waals surface area (Å²) in [5.74, 6) is 0.543. The summed E-state index contributed by atoms with van der Waals surface area (Å²) in [6.07, 6.45) is 1.72. The van der Waals surface area contributed by atoms with Crippen molar-refractivity contribution in [3.05, 3.63) is 28.5 Å². The van der Waals surface area contributed by atoms with Gasteiger partial charge in [-0.05, 0) is 33.6 Å². The van der Waals surface area contributed by atoms with Gasteiger partial charge < -0.3 is 0 Å². The first-order valence-electron chi connectivity index (χ1n) is 2.49. The molecule has 0 bridgehead atoms. The van der Waals surface area contributed by atoms with Gasteiger partial charge in [-0.3, -0.25) is 0 Å². The number of hydrogen-bond acceptors (Lipinski definition) is 1. The number of alkyl halides is 1. The molecule has 48 valence electrons. The van der Waals surface area contributed by atoms with E-state index in [0.29, 0.717) is 5.88 Å². The third-order valence-corrected chi connectivity index (χ3v) is 1.69. The lowest BCUT2D eigenvalue weighted by Gasteiger charge is -1.92. The minimum Gasteiger partial charge on any atom is -0.249 e. The molecule has 0 unspecified atom stereocenters. The first-order chi connectivity index (χ1) is 4.33. The molecule has 0 N–H and O–H groups in total. The Morgan fingerprint density at radius 3 is 2.89 bits per heavy atom. The highest BCUT2D eigenvalue weighted by Gasteiger charge is 1.89. The number of hydrogen-bond donors (Lipinski definition) is 0. The van der Waals surface area contributed by atoms with Crippen molar-refractivity contribution in [2.24, 2.45) is 0 Å². The standard InChI is InChI=1S/C6H5BrClN/c7-6-3-5(4-8)1-2-9-6/h1-3H,4H2. The lowest BCUT2D eigenvalue weighted by atomic mass is 10.3. The quantitative estimate of drug-likeness (QED) is 0.508. The molecule has 1 rings (SSSR count). The Morgan fingerprint density at radius 2 is 2.44 bits per heavy atom. The molecule has 0 atom stereocenters. The summed E-state index contributed by atoms with van der Waals surface area (Å²) in [7, 11) is 0. The fraction of sp³-hybridized carbons (Fsp3) is 0.167. The van der Waals surface area contributed by atoms with Crippen LogP contribution < -0.4 is 0 Å². The van der Waals surface area contributed by atoms with Crippen LogP contribution >= 0.6 is 27.5 Å². The summed E-state index contributed by atoms with van der Waals surface area (Å²) in [5, 5.41) is 0. The van der Waals surface area contributed by atoms with Gasteiger partial charge in [0.1, 0.15) is 4.60 Å². The second-order valence-electron chi connectivity index (χ2n) is 1.62. The van der Waals surface area contributed by atoms with Crippen molar-refractivity contribution in [2.45, 2.75) is 5.88 Å². The molecule has 1 aromatic heterocycles. The van der Waals surface area contributed by atoms with Gasteiger partial charge in [-0.1, -0.05) is 0 Å². The van der Waals surface area contributed by atoms with E-state index in [2.05, 4.69) is 20.9 Å². The Morgan fingerprint density at radius 1 is 1.67 bits per heavy atom. The topological polar surface area (TPSA) is 12.9 Å². The molecule has 0 radical (unpaired) electrons. The minimum atomic E-state index is 0.543. The van der Waals surface area contributed by atoms with Crippen molar-refractivity contribution in [3.63, 3.8) is 0 Å². The molecular formula is C6H5BrClN. The minimum absolute atomic E-state index is 0.543. The van der Waals surface area contributed by atoms with Gasteiger partial charge in [-0.25, -0.2) is 4.98 Å². The van der Waals surface area contributed by atoms with E-state index < -0.39 is 0 Å². The molecule has 0 saturated heterocycles. The van der Waals surface area contributed by atoms with Crippen molar-refractivity contribution in [1.82, 2.24) is 4.98 Å². The zero-order valence-electron chi connectivity index (χ0n) is 4.64.